The molecule has 0 aliphatic carbocycles. The lowest BCUT2D eigenvalue weighted by Crippen LogP contribution is -2.61. The van der Waals surface area contributed by atoms with Gasteiger partial charge in [0, 0.05) is 85.7 Å². The molecule has 56 heavy (non-hydrogen) atoms. The molecule has 2 fully saturated rings. The quantitative estimate of drug-likeness (QED) is 0.243. The Morgan fingerprint density at radius 1 is 1.16 bits per heavy atom. The van der Waals surface area contributed by atoms with E-state index < -0.39 is 29.4 Å². The number of methoxy groups -OCH3 is 1. The van der Waals surface area contributed by atoms with Crippen molar-refractivity contribution in [3.05, 3.63) is 58.2 Å². The van der Waals surface area contributed by atoms with Crippen molar-refractivity contribution in [2.24, 2.45) is 11.3 Å². The zero-order valence-electron chi connectivity index (χ0n) is 33.2. The first-order valence-corrected chi connectivity index (χ1v) is 20.6. The van der Waals surface area contributed by atoms with Crippen LogP contribution in [0.3, 0.4) is 0 Å². The van der Waals surface area contributed by atoms with E-state index in [-0.39, 0.29) is 36.9 Å². The summed E-state index contributed by atoms with van der Waals surface area (Å²) in [6, 6.07) is 8.82. The molecule has 3 aliphatic rings. The van der Waals surface area contributed by atoms with E-state index in [1.807, 2.05) is 18.4 Å². The zero-order chi connectivity index (χ0) is 39.7. The van der Waals surface area contributed by atoms with Gasteiger partial charge >= 0.3 is 5.97 Å². The van der Waals surface area contributed by atoms with Gasteiger partial charge in [-0.05, 0) is 75.8 Å². The third-order valence-electron chi connectivity index (χ3n) is 11.4. The topological polar surface area (TPSA) is 148 Å². The van der Waals surface area contributed by atoms with Crippen molar-refractivity contribution in [2.45, 2.75) is 97.9 Å². The van der Waals surface area contributed by atoms with Crippen LogP contribution in [0.4, 0.5) is 0 Å². The summed E-state index contributed by atoms with van der Waals surface area (Å²) in [5, 5.41) is 8.27. The molecule has 3 aromatic heterocycles. The average Bonchev–Trinajstić information content (AvgIpc) is 3.80. The Morgan fingerprint density at radius 3 is 2.73 bits per heavy atom. The maximum absolute atomic E-state index is 14.3. The van der Waals surface area contributed by atoms with E-state index in [2.05, 4.69) is 60.3 Å². The standard InChI is InChI=1S/C42H53N7O6S/c1-7-48-35-15-14-27-19-30(35)31(38(48)29-12-8-16-43-37(29)25(2)54-6)21-42(4,5)24-55-41(53)32-13-10-18-49(46-32)40(52)33(20-36-44-34(27)23-56-36)45-39(51)28-11-9-17-47(22-28)26(3)50/h8,12,14-16,19,23,25,28,32-33,46H,7,9-11,13,17-18,20-22,24H2,1-6H3,(H,45,51)/t25-,28-,32-,33-/m0/s1. The van der Waals surface area contributed by atoms with Crippen LogP contribution in [0.2, 0.25) is 0 Å². The van der Waals surface area contributed by atoms with Crippen LogP contribution in [0, 0.1) is 11.3 Å². The van der Waals surface area contributed by atoms with Gasteiger partial charge in [0.2, 0.25) is 11.8 Å². The summed E-state index contributed by atoms with van der Waals surface area (Å²) in [4.78, 5) is 65.4. The molecule has 13 nitrogen and oxygen atoms in total. The van der Waals surface area contributed by atoms with Gasteiger partial charge < -0.3 is 24.3 Å². The number of rotatable bonds is 6. The fourth-order valence-electron chi connectivity index (χ4n) is 8.33. The van der Waals surface area contributed by atoms with Gasteiger partial charge in [0.05, 0.1) is 40.7 Å². The van der Waals surface area contributed by atoms with Crippen molar-refractivity contribution in [2.75, 3.05) is 33.4 Å². The Hall–Kier alpha value is -4.66. The number of aromatic nitrogens is 3. The number of esters is 1. The van der Waals surface area contributed by atoms with E-state index in [1.165, 1.54) is 23.3 Å². The number of pyridine rings is 1. The number of aryl methyl sites for hydroxylation is 1. The highest BCUT2D eigenvalue weighted by molar-refractivity contribution is 7.10. The molecule has 3 aliphatic heterocycles. The third-order valence-corrected chi connectivity index (χ3v) is 12.3. The monoisotopic (exact) mass is 783 g/mol. The number of fused-ring (bicyclic) bond motifs is 6. The second-order valence-corrected chi connectivity index (χ2v) is 17.0. The third kappa shape index (κ3) is 8.10. The number of nitrogens with zero attached hydrogens (tertiary/aromatic N) is 5. The Kier molecular flexibility index (Phi) is 11.6. The zero-order valence-corrected chi connectivity index (χ0v) is 34.0. The van der Waals surface area contributed by atoms with Crippen molar-refractivity contribution in [3.8, 4) is 22.5 Å². The van der Waals surface area contributed by atoms with E-state index in [4.69, 9.17) is 19.4 Å². The SMILES string of the molecule is CCn1c(-c2cccnc2[C@H](C)OC)c2c3cc(ccc31)-c1csc(n1)C[C@H](NC(=O)[C@H]1CCCN(C(C)=O)C1)C(=O)N1CCC[C@H](N1)C(=O)OCC(C)(C)C2. The van der Waals surface area contributed by atoms with Crippen molar-refractivity contribution in [1.82, 2.24) is 35.2 Å². The minimum absolute atomic E-state index is 0.0701. The van der Waals surface area contributed by atoms with E-state index in [0.29, 0.717) is 56.7 Å². The number of carbonyl (C=O) groups excluding carboxylic acids is 4. The van der Waals surface area contributed by atoms with Crippen LogP contribution >= 0.6 is 11.3 Å². The molecule has 0 unspecified atom stereocenters. The molecule has 14 heteroatoms. The molecule has 2 saturated heterocycles. The molecule has 0 saturated carbocycles. The second-order valence-electron chi connectivity index (χ2n) is 16.1. The largest absolute Gasteiger partial charge is 0.464 e. The predicted molar refractivity (Wildman–Crippen MR) is 214 cm³/mol. The van der Waals surface area contributed by atoms with Crippen LogP contribution in [0.5, 0.6) is 0 Å². The maximum Gasteiger partial charge on any atom is 0.324 e. The van der Waals surface area contributed by atoms with Crippen molar-refractivity contribution >= 4 is 45.9 Å². The van der Waals surface area contributed by atoms with Gasteiger partial charge in [0.1, 0.15) is 12.1 Å². The molecule has 3 amide bonds. The number of thiazole rings is 1. The molecule has 4 aromatic rings. The molecule has 4 atom stereocenters. The molecule has 2 N–H and O–H groups in total. The fourth-order valence-corrected chi connectivity index (χ4v) is 9.18. The minimum atomic E-state index is -0.937. The van der Waals surface area contributed by atoms with Crippen LogP contribution in [0.1, 0.15) is 82.7 Å². The highest BCUT2D eigenvalue weighted by Crippen LogP contribution is 2.42. The number of likely N-dealkylation sites (tertiary alicyclic amines) is 1. The molecular formula is C42H53N7O6S. The molecule has 7 rings (SSSR count). The fraction of sp³-hybridized carbons (Fsp3) is 0.524. The van der Waals surface area contributed by atoms with E-state index >= 15 is 0 Å². The first-order chi connectivity index (χ1) is 26.9. The van der Waals surface area contributed by atoms with E-state index in [9.17, 15) is 19.2 Å². The molecular weight excluding hydrogens is 731 g/mol. The summed E-state index contributed by atoms with van der Waals surface area (Å²) in [6.45, 7) is 12.1. The number of carbonyl (C=O) groups is 4. The molecule has 0 spiro atoms. The number of amides is 3. The lowest BCUT2D eigenvalue weighted by Gasteiger charge is -2.36. The van der Waals surface area contributed by atoms with Crippen LogP contribution in [0.15, 0.2) is 41.9 Å². The maximum atomic E-state index is 14.3. The minimum Gasteiger partial charge on any atom is -0.464 e. The Labute approximate surface area is 332 Å². The highest BCUT2D eigenvalue weighted by atomic mass is 32.1. The van der Waals surface area contributed by atoms with Gasteiger partial charge in [0.25, 0.3) is 5.91 Å². The Bertz CT molecular complexity index is 2130. The number of cyclic esters (lactones) is 1. The van der Waals surface area contributed by atoms with Gasteiger partial charge in [-0.1, -0.05) is 19.9 Å². The smallest absolute Gasteiger partial charge is 0.324 e. The first kappa shape index (κ1) is 39.6. The molecule has 1 aromatic carbocycles. The van der Waals surface area contributed by atoms with E-state index in [0.717, 1.165) is 51.2 Å². The summed E-state index contributed by atoms with van der Waals surface area (Å²) in [5.41, 5.74) is 9.48. The number of nitrogens with one attached hydrogen (secondary N) is 2. The number of hydrogen-bond donors (Lipinski definition) is 2. The van der Waals surface area contributed by atoms with Crippen LogP contribution in [-0.2, 0) is 48.0 Å². The van der Waals surface area contributed by atoms with Crippen molar-refractivity contribution in [3.63, 3.8) is 0 Å². The molecule has 6 heterocycles. The number of ether oxygens (including phenoxy) is 2. The predicted octanol–water partition coefficient (Wildman–Crippen LogP) is 5.46. The molecule has 6 bridgehead atoms. The average molecular weight is 784 g/mol. The highest BCUT2D eigenvalue weighted by Gasteiger charge is 2.37. The van der Waals surface area contributed by atoms with Crippen LogP contribution in [0.25, 0.3) is 33.4 Å². The lowest BCUT2D eigenvalue weighted by atomic mass is 9.84. The summed E-state index contributed by atoms with van der Waals surface area (Å²) >= 11 is 1.45. The van der Waals surface area contributed by atoms with Crippen molar-refractivity contribution in [1.29, 1.82) is 0 Å². The normalized spacial score (nSPS) is 22.4. The molecule has 298 valence electrons. The van der Waals surface area contributed by atoms with Gasteiger partial charge in [-0.2, -0.15) is 0 Å². The summed E-state index contributed by atoms with van der Waals surface area (Å²) in [7, 11) is 1.69. The van der Waals surface area contributed by atoms with Crippen LogP contribution < -0.4 is 10.7 Å². The summed E-state index contributed by atoms with van der Waals surface area (Å²) in [6.07, 6.45) is 4.78. The second kappa shape index (κ2) is 16.4. The van der Waals surface area contributed by atoms with Gasteiger partial charge in [0.15, 0.2) is 0 Å². The lowest BCUT2D eigenvalue weighted by molar-refractivity contribution is -0.155. The number of hydrazine groups is 1. The van der Waals surface area contributed by atoms with E-state index in [1.54, 1.807) is 18.2 Å². The summed E-state index contributed by atoms with van der Waals surface area (Å²) in [5.74, 6) is -1.53. The van der Waals surface area contributed by atoms with Crippen molar-refractivity contribution < 1.29 is 28.7 Å². The number of piperidine rings is 1. The Balaban J connectivity index is 1.31. The summed E-state index contributed by atoms with van der Waals surface area (Å²) < 4.78 is 14.2. The number of hydrogen-bond acceptors (Lipinski definition) is 10. The first-order valence-electron chi connectivity index (χ1n) is 19.8. The van der Waals surface area contributed by atoms with Gasteiger partial charge in [-0.3, -0.25) is 29.2 Å². The Morgan fingerprint density at radius 2 is 1.96 bits per heavy atom. The van der Waals surface area contributed by atoms with Gasteiger partial charge in [-0.15, -0.1) is 11.3 Å². The molecule has 0 radical (unpaired) electrons. The van der Waals surface area contributed by atoms with Crippen LogP contribution in [-0.4, -0.2) is 93.6 Å². The number of benzene rings is 1. The van der Waals surface area contributed by atoms with Gasteiger partial charge in [-0.25, -0.2) is 10.4 Å².